The first-order chi connectivity index (χ1) is 26.2. The molecule has 6 aromatic carbocycles. The molecule has 276 valence electrons. The maximum absolute atomic E-state index is 6.87. The predicted molar refractivity (Wildman–Crippen MR) is 219 cm³/mol. The maximum atomic E-state index is 6.87. The van der Waals surface area contributed by atoms with Gasteiger partial charge in [-0.25, -0.2) is 0 Å². The highest BCUT2D eigenvalue weighted by atomic mass is 35.5. The van der Waals surface area contributed by atoms with Crippen LogP contribution in [0.4, 0.5) is 5.69 Å². The van der Waals surface area contributed by atoms with Crippen LogP contribution in [0.25, 0.3) is 0 Å². The summed E-state index contributed by atoms with van der Waals surface area (Å²) in [6.07, 6.45) is 0. The summed E-state index contributed by atoms with van der Waals surface area (Å²) in [4.78, 5) is 13.3. The highest BCUT2D eigenvalue weighted by molar-refractivity contribution is 7.78. The molecule has 6 aromatic rings. The number of nitrogens with zero attached hydrogens (tertiary/aromatic N) is 3. The van der Waals surface area contributed by atoms with Crippen molar-refractivity contribution in [3.63, 3.8) is 0 Å². The minimum Gasteiger partial charge on any atom is -0.439 e. The van der Waals surface area contributed by atoms with Crippen molar-refractivity contribution >= 4 is 88.3 Å². The largest absolute Gasteiger partial charge is 0.447 e. The summed E-state index contributed by atoms with van der Waals surface area (Å²) in [5.74, 6) is 1.34. The van der Waals surface area contributed by atoms with Gasteiger partial charge in [-0.05, 0) is 72.8 Å². The van der Waals surface area contributed by atoms with Gasteiger partial charge in [-0.1, -0.05) is 131 Å². The maximum Gasteiger partial charge on any atom is 0.447 e. The van der Waals surface area contributed by atoms with E-state index >= 15 is 0 Å². The van der Waals surface area contributed by atoms with E-state index in [1.165, 1.54) is 9.21 Å². The zero-order chi connectivity index (χ0) is 37.7. The minimum absolute atomic E-state index is 0.193. The number of benzene rings is 6. The first kappa shape index (κ1) is 38.6. The van der Waals surface area contributed by atoms with E-state index in [1.807, 2.05) is 0 Å². The van der Waals surface area contributed by atoms with Crippen LogP contribution in [0.3, 0.4) is 0 Å². The molecule has 0 aliphatic carbocycles. The van der Waals surface area contributed by atoms with Crippen LogP contribution < -0.4 is 33.5 Å². The lowest BCUT2D eigenvalue weighted by molar-refractivity contribution is 0.0552. The molecule has 1 heterocycles. The molecule has 0 fully saturated rings. The minimum atomic E-state index is -4.18. The molecule has 0 bridgehead atoms. The number of para-hydroxylation sites is 7. The number of hydrogen-bond donors (Lipinski definition) is 1. The molecule has 54 heavy (non-hydrogen) atoms. The van der Waals surface area contributed by atoms with Crippen molar-refractivity contribution < 1.29 is 27.8 Å². The van der Waals surface area contributed by atoms with Gasteiger partial charge in [0, 0.05) is 9.21 Å². The molecular formula is C36H26Cl5N4O6P3. The Morgan fingerprint density at radius 1 is 0.463 bits per heavy atom. The SMILES string of the molecule is Nc1ccccc1ON1P(Oc2ccccc2Cl)N(Oc2ccccc2Cl)P(Oc2ccccc2Cl)N=P1(Oc1ccccc1Cl)Oc1ccccc1Cl. The highest BCUT2D eigenvalue weighted by Gasteiger charge is 2.58. The van der Waals surface area contributed by atoms with Gasteiger partial charge in [-0.15, -0.1) is 4.52 Å². The van der Waals surface area contributed by atoms with Gasteiger partial charge in [0.15, 0.2) is 11.5 Å². The molecule has 0 aromatic heterocycles. The Labute approximate surface area is 338 Å². The fourth-order valence-electron chi connectivity index (χ4n) is 4.56. The molecule has 18 heteroatoms. The van der Waals surface area contributed by atoms with Gasteiger partial charge >= 0.3 is 24.6 Å². The molecule has 1 aliphatic heterocycles. The lowest BCUT2D eigenvalue weighted by Crippen LogP contribution is -2.37. The summed E-state index contributed by atoms with van der Waals surface area (Å²) in [6, 6.07) is 41.1. The van der Waals surface area contributed by atoms with Gasteiger partial charge < -0.3 is 33.5 Å². The van der Waals surface area contributed by atoms with Crippen molar-refractivity contribution in [2.24, 2.45) is 4.52 Å². The second-order valence-corrected chi connectivity index (χ2v) is 18.4. The molecule has 2 N–H and O–H groups in total. The third-order valence-corrected chi connectivity index (χ3v) is 15.5. The van der Waals surface area contributed by atoms with Crippen molar-refractivity contribution in [1.82, 2.24) is 9.21 Å². The predicted octanol–water partition coefficient (Wildman–Crippen LogP) is 14.2. The Morgan fingerprint density at radius 2 is 0.852 bits per heavy atom. The van der Waals surface area contributed by atoms with Crippen molar-refractivity contribution in [1.29, 1.82) is 0 Å². The standard InChI is InChI=1S/C36H26Cl5N4O6P3/c37-25-13-1-7-19-31(25)46-44-52(48-32-20-8-2-14-26(32)38)43-54(50-34-22-10-4-16-28(34)40,51-35-23-11-5-17-29(35)41)45(47-36-24-12-6-18-30(36)42)53(44)49-33-21-9-3-15-27(33)39/h1-24H,42H2. The number of anilines is 1. The van der Waals surface area contributed by atoms with Crippen LogP contribution >= 0.6 is 82.6 Å². The summed E-state index contributed by atoms with van der Waals surface area (Å²) in [5, 5.41) is 1.35. The average Bonchev–Trinajstić information content (AvgIpc) is 3.16. The van der Waals surface area contributed by atoms with Gasteiger partial charge in [-0.3, -0.25) is 0 Å². The number of nitrogens with two attached hydrogens (primary N) is 1. The molecule has 10 nitrogen and oxygen atoms in total. The van der Waals surface area contributed by atoms with Crippen LogP contribution in [0.5, 0.6) is 34.5 Å². The summed E-state index contributed by atoms with van der Waals surface area (Å²) >= 11 is 33.6. The van der Waals surface area contributed by atoms with E-state index in [2.05, 4.69) is 0 Å². The number of rotatable bonds is 12. The molecular weight excluding hydrogens is 855 g/mol. The Morgan fingerprint density at radius 3 is 1.31 bits per heavy atom. The molecule has 2 unspecified atom stereocenters. The summed E-state index contributed by atoms with van der Waals surface area (Å²) in [7, 11) is -9.08. The van der Waals surface area contributed by atoms with E-state index in [9.17, 15) is 0 Å². The van der Waals surface area contributed by atoms with Crippen molar-refractivity contribution in [2.45, 2.75) is 0 Å². The zero-order valence-corrected chi connectivity index (χ0v) is 33.9. The normalized spacial score (nSPS) is 16.8. The molecule has 0 saturated heterocycles. The lowest BCUT2D eigenvalue weighted by atomic mass is 10.3. The number of hydrogen-bond acceptors (Lipinski definition) is 10. The topological polar surface area (TPSA) is 100 Å². The first-order valence-corrected chi connectivity index (χ1v) is 21.5. The van der Waals surface area contributed by atoms with Crippen LogP contribution in [0.2, 0.25) is 25.1 Å². The van der Waals surface area contributed by atoms with Crippen molar-refractivity contribution in [3.05, 3.63) is 171 Å². The van der Waals surface area contributed by atoms with Gasteiger partial charge in [0.1, 0.15) is 23.0 Å². The van der Waals surface area contributed by atoms with E-state index in [0.717, 1.165) is 0 Å². The fourth-order valence-corrected chi connectivity index (χ4v) is 13.2. The second kappa shape index (κ2) is 17.5. The molecule has 1 aliphatic rings. The van der Waals surface area contributed by atoms with Gasteiger partial charge in [0.2, 0.25) is 0 Å². The number of halogens is 5. The third kappa shape index (κ3) is 8.75. The van der Waals surface area contributed by atoms with Crippen molar-refractivity contribution in [2.75, 3.05) is 5.73 Å². The highest BCUT2D eigenvalue weighted by Crippen LogP contribution is 2.78. The van der Waals surface area contributed by atoms with E-state index in [4.69, 9.17) is 96.0 Å². The van der Waals surface area contributed by atoms with Crippen LogP contribution in [0.15, 0.2) is 150 Å². The zero-order valence-electron chi connectivity index (χ0n) is 27.5. The van der Waals surface area contributed by atoms with E-state index in [-0.39, 0.29) is 60.3 Å². The molecule has 0 radical (unpaired) electrons. The Bertz CT molecular complexity index is 2280. The Hall–Kier alpha value is -3.62. The summed E-state index contributed by atoms with van der Waals surface area (Å²) in [6.45, 7) is 0. The fraction of sp³-hybridized carbons (Fsp3) is 0. The van der Waals surface area contributed by atoms with Crippen molar-refractivity contribution in [3.8, 4) is 34.5 Å². The van der Waals surface area contributed by atoms with Crippen LogP contribution in [0.1, 0.15) is 0 Å². The van der Waals surface area contributed by atoms with E-state index in [0.29, 0.717) is 5.02 Å². The Balaban J connectivity index is 1.54. The molecule has 2 atom stereocenters. The third-order valence-electron chi connectivity index (χ3n) is 7.10. The summed E-state index contributed by atoms with van der Waals surface area (Å²) in [5.41, 5.74) is 6.76. The number of nitrogen functional groups attached to an aromatic ring is 1. The molecule has 7 rings (SSSR count). The second-order valence-electron chi connectivity index (χ2n) is 10.8. The van der Waals surface area contributed by atoms with Crippen LogP contribution in [-0.4, -0.2) is 9.21 Å². The summed E-state index contributed by atoms with van der Waals surface area (Å²) < 4.78 is 35.1. The quantitative estimate of drug-likeness (QED) is 0.0951. The smallest absolute Gasteiger partial charge is 0.439 e. The molecule has 0 saturated carbocycles. The first-order valence-electron chi connectivity index (χ1n) is 15.7. The average molecular weight is 881 g/mol. The molecule has 0 amide bonds. The van der Waals surface area contributed by atoms with Crippen LogP contribution in [0, 0.1) is 0 Å². The monoisotopic (exact) mass is 878 g/mol. The molecule has 0 spiro atoms. The van der Waals surface area contributed by atoms with E-state index < -0.39 is 24.6 Å². The van der Waals surface area contributed by atoms with Gasteiger partial charge in [0.05, 0.1) is 30.8 Å². The van der Waals surface area contributed by atoms with Crippen LogP contribution in [-0.2, 0) is 0 Å². The lowest BCUT2D eigenvalue weighted by Gasteiger charge is -2.44. The Kier molecular flexibility index (Phi) is 12.5. The van der Waals surface area contributed by atoms with E-state index in [1.54, 1.807) is 146 Å². The van der Waals surface area contributed by atoms with Gasteiger partial charge in [0.25, 0.3) is 0 Å². The van der Waals surface area contributed by atoms with Gasteiger partial charge in [-0.2, -0.15) is 0 Å².